The fourth-order valence-corrected chi connectivity index (χ4v) is 4.40. The summed E-state index contributed by atoms with van der Waals surface area (Å²) in [7, 11) is -3.60. The maximum absolute atomic E-state index is 12.5. The molecule has 7 heteroatoms. The lowest BCUT2D eigenvalue weighted by atomic mass is 9.84. The number of aromatic nitrogens is 2. The predicted octanol–water partition coefficient (Wildman–Crippen LogP) is 1.72. The maximum Gasteiger partial charge on any atom is 0.259 e. The summed E-state index contributed by atoms with van der Waals surface area (Å²) in [5.74, 6) is 0.781. The summed E-state index contributed by atoms with van der Waals surface area (Å²) < 4.78 is 29.6. The monoisotopic (exact) mass is 328 g/mol. The highest BCUT2D eigenvalue weighted by Crippen LogP contribution is 2.26. The number of hydrogen-bond acceptors (Lipinski definition) is 4. The Labute approximate surface area is 133 Å². The van der Waals surface area contributed by atoms with E-state index in [0.29, 0.717) is 18.4 Å². The van der Waals surface area contributed by atoms with Gasteiger partial charge in [0, 0.05) is 25.3 Å². The molecule has 0 radical (unpaired) electrons. The molecular formula is C15H28N4O2S. The molecule has 1 aromatic heterocycles. The van der Waals surface area contributed by atoms with Crippen molar-refractivity contribution in [3.8, 4) is 0 Å². The highest BCUT2D eigenvalue weighted by atomic mass is 32.2. The van der Waals surface area contributed by atoms with Gasteiger partial charge in [0.15, 0.2) is 5.03 Å². The number of nitrogens with one attached hydrogen (secondary N) is 1. The number of nitrogens with two attached hydrogens (primary N) is 1. The van der Waals surface area contributed by atoms with E-state index in [1.165, 1.54) is 6.42 Å². The molecule has 1 fully saturated rings. The van der Waals surface area contributed by atoms with Gasteiger partial charge in [-0.15, -0.1) is 0 Å². The Balaban J connectivity index is 2.06. The van der Waals surface area contributed by atoms with Crippen LogP contribution in [0.3, 0.4) is 0 Å². The van der Waals surface area contributed by atoms with Gasteiger partial charge in [0.25, 0.3) is 10.0 Å². The molecule has 1 aromatic rings. The molecule has 0 amide bonds. The standard InChI is InChI=1S/C15H28N4O2S/c1-12(2)9-19-10-15(17-11-19)22(20,21)18-14(8-16)13-6-4-3-5-7-13/h10-14,18H,3-9,16H2,1-2H3. The normalized spacial score (nSPS) is 18.7. The molecule has 22 heavy (non-hydrogen) atoms. The van der Waals surface area contributed by atoms with Crippen LogP contribution in [0.15, 0.2) is 17.6 Å². The molecule has 126 valence electrons. The highest BCUT2D eigenvalue weighted by Gasteiger charge is 2.28. The van der Waals surface area contributed by atoms with E-state index in [-0.39, 0.29) is 11.1 Å². The molecule has 0 saturated heterocycles. The summed E-state index contributed by atoms with van der Waals surface area (Å²) in [4.78, 5) is 4.05. The first-order valence-corrected chi connectivity index (χ1v) is 9.65. The zero-order valence-electron chi connectivity index (χ0n) is 13.5. The van der Waals surface area contributed by atoms with Gasteiger partial charge < -0.3 is 10.3 Å². The lowest BCUT2D eigenvalue weighted by molar-refractivity contribution is 0.294. The average Bonchev–Trinajstić information content (AvgIpc) is 2.94. The van der Waals surface area contributed by atoms with Crippen LogP contribution in [0.1, 0.15) is 46.0 Å². The van der Waals surface area contributed by atoms with Crippen molar-refractivity contribution in [1.82, 2.24) is 14.3 Å². The Morgan fingerprint density at radius 2 is 2.05 bits per heavy atom. The lowest BCUT2D eigenvalue weighted by Crippen LogP contribution is -2.45. The first-order chi connectivity index (χ1) is 10.4. The first kappa shape index (κ1) is 17.4. The minimum absolute atomic E-state index is 0.0856. The molecule has 1 aliphatic rings. The quantitative estimate of drug-likeness (QED) is 0.797. The van der Waals surface area contributed by atoms with Crippen molar-refractivity contribution in [2.45, 2.75) is 63.6 Å². The van der Waals surface area contributed by atoms with Crippen LogP contribution in [-0.4, -0.2) is 30.6 Å². The molecular weight excluding hydrogens is 300 g/mol. The van der Waals surface area contributed by atoms with Gasteiger partial charge in [0.1, 0.15) is 0 Å². The maximum atomic E-state index is 12.5. The van der Waals surface area contributed by atoms with E-state index in [0.717, 1.165) is 32.2 Å². The largest absolute Gasteiger partial charge is 0.336 e. The second-order valence-corrected chi connectivity index (χ2v) is 8.32. The van der Waals surface area contributed by atoms with Crippen molar-refractivity contribution in [3.63, 3.8) is 0 Å². The van der Waals surface area contributed by atoms with Crippen LogP contribution >= 0.6 is 0 Å². The number of hydrogen-bond donors (Lipinski definition) is 2. The second kappa shape index (κ2) is 7.57. The van der Waals surface area contributed by atoms with E-state index < -0.39 is 10.0 Å². The minimum atomic E-state index is -3.60. The fraction of sp³-hybridized carbons (Fsp3) is 0.800. The van der Waals surface area contributed by atoms with Crippen molar-refractivity contribution in [2.75, 3.05) is 6.54 Å². The van der Waals surface area contributed by atoms with Gasteiger partial charge in [0.2, 0.25) is 0 Å². The van der Waals surface area contributed by atoms with Crippen LogP contribution in [0.4, 0.5) is 0 Å². The molecule has 1 atom stereocenters. The van der Waals surface area contributed by atoms with Crippen LogP contribution in [0.25, 0.3) is 0 Å². The van der Waals surface area contributed by atoms with E-state index in [9.17, 15) is 8.42 Å². The van der Waals surface area contributed by atoms with Crippen molar-refractivity contribution < 1.29 is 8.42 Å². The SMILES string of the molecule is CC(C)Cn1cnc(S(=O)(=O)NC(CN)C2CCCCC2)c1. The van der Waals surface area contributed by atoms with E-state index in [4.69, 9.17) is 5.73 Å². The fourth-order valence-electron chi connectivity index (χ4n) is 3.13. The van der Waals surface area contributed by atoms with Crippen LogP contribution < -0.4 is 10.5 Å². The third kappa shape index (κ3) is 4.54. The topological polar surface area (TPSA) is 90.0 Å². The molecule has 1 unspecified atom stereocenters. The number of imidazole rings is 1. The predicted molar refractivity (Wildman–Crippen MR) is 86.8 cm³/mol. The molecule has 0 bridgehead atoms. The van der Waals surface area contributed by atoms with Crippen LogP contribution in [0, 0.1) is 11.8 Å². The summed E-state index contributed by atoms with van der Waals surface area (Å²) in [6.45, 7) is 5.25. The Morgan fingerprint density at radius 1 is 1.36 bits per heavy atom. The Hall–Kier alpha value is -0.920. The first-order valence-electron chi connectivity index (χ1n) is 8.16. The number of sulfonamides is 1. The molecule has 1 aliphatic carbocycles. The molecule has 3 N–H and O–H groups in total. The summed E-state index contributed by atoms with van der Waals surface area (Å²) in [5, 5.41) is 0.0856. The van der Waals surface area contributed by atoms with Gasteiger partial charge in [-0.25, -0.2) is 18.1 Å². The average molecular weight is 328 g/mol. The van der Waals surface area contributed by atoms with E-state index >= 15 is 0 Å². The van der Waals surface area contributed by atoms with Gasteiger partial charge in [-0.3, -0.25) is 0 Å². The van der Waals surface area contributed by atoms with Gasteiger partial charge in [-0.2, -0.15) is 0 Å². The van der Waals surface area contributed by atoms with Gasteiger partial charge >= 0.3 is 0 Å². The van der Waals surface area contributed by atoms with Crippen LogP contribution in [0.5, 0.6) is 0 Å². The zero-order valence-corrected chi connectivity index (χ0v) is 14.3. The molecule has 1 saturated carbocycles. The Kier molecular flexibility index (Phi) is 6.00. The number of nitrogens with zero attached hydrogens (tertiary/aromatic N) is 2. The summed E-state index contributed by atoms with van der Waals surface area (Å²) in [6.07, 6.45) is 8.82. The molecule has 0 aliphatic heterocycles. The summed E-state index contributed by atoms with van der Waals surface area (Å²) in [6, 6.07) is -0.194. The van der Waals surface area contributed by atoms with Crippen LogP contribution in [-0.2, 0) is 16.6 Å². The van der Waals surface area contributed by atoms with Crippen molar-refractivity contribution in [2.24, 2.45) is 17.6 Å². The van der Waals surface area contributed by atoms with Gasteiger partial charge in [-0.1, -0.05) is 33.1 Å². The third-order valence-electron chi connectivity index (χ3n) is 4.24. The number of rotatable bonds is 7. The lowest BCUT2D eigenvalue weighted by Gasteiger charge is -2.29. The Bertz CT molecular complexity index is 562. The zero-order chi connectivity index (χ0) is 16.2. The van der Waals surface area contributed by atoms with E-state index in [1.54, 1.807) is 12.5 Å². The third-order valence-corrected chi connectivity index (χ3v) is 5.61. The summed E-state index contributed by atoms with van der Waals surface area (Å²) in [5.41, 5.74) is 5.81. The van der Waals surface area contributed by atoms with Gasteiger partial charge in [-0.05, 0) is 24.7 Å². The van der Waals surface area contributed by atoms with Crippen LogP contribution in [0.2, 0.25) is 0 Å². The van der Waals surface area contributed by atoms with E-state index in [2.05, 4.69) is 23.6 Å². The van der Waals surface area contributed by atoms with E-state index in [1.807, 2.05) is 4.57 Å². The molecule has 0 spiro atoms. The molecule has 2 rings (SSSR count). The molecule has 0 aromatic carbocycles. The minimum Gasteiger partial charge on any atom is -0.336 e. The Morgan fingerprint density at radius 3 is 2.64 bits per heavy atom. The smallest absolute Gasteiger partial charge is 0.259 e. The van der Waals surface area contributed by atoms with Gasteiger partial charge in [0.05, 0.1) is 6.33 Å². The summed E-state index contributed by atoms with van der Waals surface area (Å²) >= 11 is 0. The molecule has 6 nitrogen and oxygen atoms in total. The van der Waals surface area contributed by atoms with Crippen molar-refractivity contribution >= 4 is 10.0 Å². The highest BCUT2D eigenvalue weighted by molar-refractivity contribution is 7.89. The second-order valence-electron chi connectivity index (χ2n) is 6.66. The van der Waals surface area contributed by atoms with Crippen molar-refractivity contribution in [1.29, 1.82) is 0 Å². The molecule has 1 heterocycles. The van der Waals surface area contributed by atoms with Crippen molar-refractivity contribution in [3.05, 3.63) is 12.5 Å².